The number of aliphatic imine (C=N–C) groups is 1. The lowest BCUT2D eigenvalue weighted by Crippen LogP contribution is -2.46. The molecule has 1 aromatic rings. The van der Waals surface area contributed by atoms with E-state index in [1.165, 1.54) is 0 Å². The van der Waals surface area contributed by atoms with Crippen molar-refractivity contribution in [3.05, 3.63) is 18.2 Å². The normalized spacial score (nSPS) is 16.8. The van der Waals surface area contributed by atoms with Gasteiger partial charge in [0.05, 0.1) is 14.2 Å². The molecule has 1 unspecified atom stereocenters. The van der Waals surface area contributed by atoms with Crippen LogP contribution in [0, 0.1) is 0 Å². The topological polar surface area (TPSA) is 96.5 Å². The molecule has 9 nitrogen and oxygen atoms in total. The fourth-order valence-electron chi connectivity index (χ4n) is 3.14. The van der Waals surface area contributed by atoms with Crippen LogP contribution >= 0.6 is 0 Å². The maximum absolute atomic E-state index is 11.7. The summed E-state index contributed by atoms with van der Waals surface area (Å²) in [5, 5.41) is 9.38. The molecule has 2 rings (SSSR count). The Morgan fingerprint density at radius 1 is 1.13 bits per heavy atom. The van der Waals surface area contributed by atoms with E-state index in [2.05, 4.69) is 25.8 Å². The number of nitrogens with zero attached hydrogens (tertiary/aromatic N) is 2. The summed E-state index contributed by atoms with van der Waals surface area (Å²) < 4.78 is 16.0. The molecule has 0 aromatic heterocycles. The van der Waals surface area contributed by atoms with Crippen LogP contribution in [0.4, 0.5) is 10.5 Å². The summed E-state index contributed by atoms with van der Waals surface area (Å²) in [6.07, 6.45) is 0.559. The lowest BCUT2D eigenvalue weighted by atomic mass is 10.2. The van der Waals surface area contributed by atoms with E-state index >= 15 is 0 Å². The van der Waals surface area contributed by atoms with Crippen LogP contribution in [0.25, 0.3) is 0 Å². The monoisotopic (exact) mass is 421 g/mol. The van der Waals surface area contributed by atoms with Gasteiger partial charge in [0.15, 0.2) is 5.96 Å². The van der Waals surface area contributed by atoms with Crippen molar-refractivity contribution in [1.29, 1.82) is 0 Å². The van der Waals surface area contributed by atoms with E-state index in [4.69, 9.17) is 14.2 Å². The number of ether oxygens (including phenoxy) is 3. The van der Waals surface area contributed by atoms with Crippen molar-refractivity contribution in [1.82, 2.24) is 16.0 Å². The van der Waals surface area contributed by atoms with E-state index in [0.717, 1.165) is 36.7 Å². The van der Waals surface area contributed by atoms with Crippen LogP contribution in [0.3, 0.4) is 0 Å². The lowest BCUT2D eigenvalue weighted by Gasteiger charge is -2.22. The van der Waals surface area contributed by atoms with E-state index in [9.17, 15) is 4.79 Å². The number of anilines is 1. The molecule has 0 saturated carbocycles. The molecule has 0 aliphatic carbocycles. The van der Waals surface area contributed by atoms with E-state index in [1.54, 1.807) is 21.3 Å². The molecule has 30 heavy (non-hydrogen) atoms. The number of benzene rings is 1. The molecule has 3 N–H and O–H groups in total. The Bertz CT molecular complexity index is 710. The van der Waals surface area contributed by atoms with Crippen LogP contribution in [0.1, 0.15) is 27.2 Å². The van der Waals surface area contributed by atoms with Gasteiger partial charge in [-0.05, 0) is 27.2 Å². The molecule has 1 fully saturated rings. The van der Waals surface area contributed by atoms with E-state index in [0.29, 0.717) is 19.0 Å². The average molecular weight is 422 g/mol. The smallest absolute Gasteiger partial charge is 0.407 e. The molecular formula is C21H35N5O4. The Morgan fingerprint density at radius 2 is 1.77 bits per heavy atom. The first-order valence-electron chi connectivity index (χ1n) is 10.2. The molecule has 168 valence electrons. The number of guanidine groups is 1. The average Bonchev–Trinajstić information content (AvgIpc) is 3.17. The van der Waals surface area contributed by atoms with Gasteiger partial charge in [0.1, 0.15) is 17.1 Å². The zero-order chi connectivity index (χ0) is 22.1. The molecule has 1 atom stereocenters. The van der Waals surface area contributed by atoms with Gasteiger partial charge in [-0.1, -0.05) is 0 Å². The van der Waals surface area contributed by atoms with E-state index in [-0.39, 0.29) is 6.04 Å². The van der Waals surface area contributed by atoms with Gasteiger partial charge in [-0.15, -0.1) is 0 Å². The number of carbonyl (C=O) groups is 1. The Hall–Kier alpha value is -2.84. The molecule has 1 aliphatic heterocycles. The Morgan fingerprint density at radius 3 is 2.33 bits per heavy atom. The van der Waals surface area contributed by atoms with Crippen LogP contribution in [-0.2, 0) is 4.74 Å². The van der Waals surface area contributed by atoms with Crippen molar-refractivity contribution >= 4 is 17.7 Å². The van der Waals surface area contributed by atoms with Crippen molar-refractivity contribution < 1.29 is 19.0 Å². The molecule has 1 aliphatic rings. The van der Waals surface area contributed by atoms with E-state index < -0.39 is 11.7 Å². The number of amides is 1. The van der Waals surface area contributed by atoms with Gasteiger partial charge in [-0.25, -0.2) is 4.79 Å². The van der Waals surface area contributed by atoms with Gasteiger partial charge in [0.25, 0.3) is 0 Å². The van der Waals surface area contributed by atoms with Crippen LogP contribution in [0.5, 0.6) is 11.5 Å². The standard InChI is InChI=1S/C21H35N5O4/c1-21(2,3)30-20(27)24-9-8-23-19(22-4)25-15-7-10-26(14-15)16-11-17(28-5)13-18(12-16)29-6/h11-13,15H,7-10,14H2,1-6H3,(H,24,27)(H2,22,23,25). The number of rotatable bonds is 7. The third kappa shape index (κ3) is 7.53. The number of carbonyl (C=O) groups excluding carboxylic acids is 1. The van der Waals surface area contributed by atoms with Gasteiger partial charge in [0.2, 0.25) is 0 Å². The molecule has 9 heteroatoms. The predicted octanol–water partition coefficient (Wildman–Crippen LogP) is 1.97. The van der Waals surface area contributed by atoms with Crippen LogP contribution < -0.4 is 30.3 Å². The Balaban J connectivity index is 1.79. The number of hydrogen-bond acceptors (Lipinski definition) is 6. The van der Waals surface area contributed by atoms with Crippen LogP contribution in [-0.4, -0.2) is 71.1 Å². The second-order valence-electron chi connectivity index (χ2n) is 8.07. The maximum Gasteiger partial charge on any atom is 0.407 e. The number of hydrogen-bond donors (Lipinski definition) is 3. The van der Waals surface area contributed by atoms with Crippen molar-refractivity contribution in [2.24, 2.45) is 4.99 Å². The van der Waals surface area contributed by atoms with Crippen LogP contribution in [0.2, 0.25) is 0 Å². The molecule has 1 aromatic carbocycles. The van der Waals surface area contributed by atoms with Crippen molar-refractivity contribution in [3.8, 4) is 11.5 Å². The predicted molar refractivity (Wildman–Crippen MR) is 119 cm³/mol. The summed E-state index contributed by atoms with van der Waals surface area (Å²) in [7, 11) is 5.04. The summed E-state index contributed by atoms with van der Waals surface area (Å²) in [5.41, 5.74) is 0.566. The minimum absolute atomic E-state index is 0.257. The highest BCUT2D eigenvalue weighted by Gasteiger charge is 2.24. The third-order valence-corrected chi connectivity index (χ3v) is 4.54. The fourth-order valence-corrected chi connectivity index (χ4v) is 3.14. The lowest BCUT2D eigenvalue weighted by molar-refractivity contribution is 0.0529. The molecule has 0 spiro atoms. The summed E-state index contributed by atoms with van der Waals surface area (Å²) >= 11 is 0. The zero-order valence-electron chi connectivity index (χ0n) is 18.9. The van der Waals surface area contributed by atoms with Gasteiger partial charge >= 0.3 is 6.09 Å². The van der Waals surface area contributed by atoms with Gasteiger partial charge in [-0.3, -0.25) is 4.99 Å². The van der Waals surface area contributed by atoms with Gasteiger partial charge in [-0.2, -0.15) is 0 Å². The molecule has 1 heterocycles. The summed E-state index contributed by atoms with van der Waals surface area (Å²) in [6.45, 7) is 8.26. The van der Waals surface area contributed by atoms with Crippen molar-refractivity contribution in [2.75, 3.05) is 52.3 Å². The third-order valence-electron chi connectivity index (χ3n) is 4.54. The summed E-state index contributed by atoms with van der Waals surface area (Å²) in [4.78, 5) is 18.2. The first-order valence-corrected chi connectivity index (χ1v) is 10.2. The minimum atomic E-state index is -0.504. The highest BCUT2D eigenvalue weighted by molar-refractivity contribution is 5.80. The largest absolute Gasteiger partial charge is 0.497 e. The van der Waals surface area contributed by atoms with E-state index in [1.807, 2.05) is 39.0 Å². The minimum Gasteiger partial charge on any atom is -0.497 e. The second-order valence-corrected chi connectivity index (χ2v) is 8.07. The quantitative estimate of drug-likeness (QED) is 0.352. The Kier molecular flexibility index (Phi) is 8.44. The fraction of sp³-hybridized carbons (Fsp3) is 0.619. The van der Waals surface area contributed by atoms with Gasteiger partial charge in [0, 0.05) is 63.2 Å². The Labute approximate surface area is 179 Å². The molecule has 0 radical (unpaired) electrons. The second kappa shape index (κ2) is 10.8. The highest BCUT2D eigenvalue weighted by atomic mass is 16.6. The number of methoxy groups -OCH3 is 2. The summed E-state index contributed by atoms with van der Waals surface area (Å²) in [5.74, 6) is 2.25. The molecule has 1 saturated heterocycles. The molecule has 1 amide bonds. The zero-order valence-corrected chi connectivity index (χ0v) is 18.9. The number of alkyl carbamates (subject to hydrolysis) is 1. The first kappa shape index (κ1) is 23.4. The van der Waals surface area contributed by atoms with Crippen molar-refractivity contribution in [3.63, 3.8) is 0 Å². The number of nitrogens with one attached hydrogen (secondary N) is 3. The van der Waals surface area contributed by atoms with Gasteiger partial charge < -0.3 is 35.1 Å². The van der Waals surface area contributed by atoms with Crippen LogP contribution in [0.15, 0.2) is 23.2 Å². The SMILES string of the molecule is CN=C(NCCNC(=O)OC(C)(C)C)NC1CCN(c2cc(OC)cc(OC)c2)C1. The first-order chi connectivity index (χ1) is 14.2. The highest BCUT2D eigenvalue weighted by Crippen LogP contribution is 2.30. The van der Waals surface area contributed by atoms with Crippen molar-refractivity contribution in [2.45, 2.75) is 38.8 Å². The maximum atomic E-state index is 11.7. The molecular weight excluding hydrogens is 386 g/mol. The summed E-state index contributed by atoms with van der Waals surface area (Å²) in [6, 6.07) is 6.15. The molecule has 0 bridgehead atoms.